The molecule has 1 saturated heterocycles. The first kappa shape index (κ1) is 15.7. The lowest BCUT2D eigenvalue weighted by Crippen LogP contribution is -2.41. The smallest absolute Gasteiger partial charge is 0.411 e. The van der Waals surface area contributed by atoms with E-state index in [9.17, 15) is 24.5 Å². The number of carbonyl (C=O) groups is 3. The molecule has 1 unspecified atom stereocenters. The lowest BCUT2D eigenvalue weighted by molar-refractivity contribution is -0.385. The van der Waals surface area contributed by atoms with Gasteiger partial charge in [0.1, 0.15) is 5.56 Å². The van der Waals surface area contributed by atoms with E-state index in [4.69, 9.17) is 4.74 Å². The lowest BCUT2D eigenvalue weighted by atomic mass is 9.93. The first-order valence-corrected chi connectivity index (χ1v) is 6.86. The summed E-state index contributed by atoms with van der Waals surface area (Å²) in [5.41, 5.74) is -2.01. The molecule has 10 nitrogen and oxygen atoms in total. The Morgan fingerprint density at radius 2 is 2.04 bits per heavy atom. The molecule has 0 saturated carbocycles. The molecule has 3 rings (SSSR count). The molecular formula is C14H13N3O7. The normalized spacial score (nSPS) is 22.0. The summed E-state index contributed by atoms with van der Waals surface area (Å²) in [6.45, 7) is -0.0727. The van der Waals surface area contributed by atoms with Crippen LogP contribution in [0.5, 0.6) is 0 Å². The summed E-state index contributed by atoms with van der Waals surface area (Å²) in [7, 11) is 4.00. The molecule has 0 N–H and O–H groups in total. The second-order valence-corrected chi connectivity index (χ2v) is 5.55. The summed E-state index contributed by atoms with van der Waals surface area (Å²) in [4.78, 5) is 49.2. The topological polar surface area (TPSA) is 119 Å². The van der Waals surface area contributed by atoms with Crippen LogP contribution in [0.25, 0.3) is 0 Å². The van der Waals surface area contributed by atoms with Crippen molar-refractivity contribution in [2.45, 2.75) is 5.60 Å². The second-order valence-electron chi connectivity index (χ2n) is 5.55. The summed E-state index contributed by atoms with van der Waals surface area (Å²) >= 11 is 0. The highest BCUT2D eigenvalue weighted by Gasteiger charge is 2.59. The number of likely N-dealkylation sites (N-methyl/N-ethyl adjacent to an activating group) is 2. The fourth-order valence-electron chi connectivity index (χ4n) is 3.01. The van der Waals surface area contributed by atoms with Crippen molar-refractivity contribution in [3.8, 4) is 0 Å². The van der Waals surface area contributed by atoms with Crippen LogP contribution in [-0.4, -0.2) is 55.5 Å². The van der Waals surface area contributed by atoms with E-state index in [1.54, 1.807) is 0 Å². The van der Waals surface area contributed by atoms with Crippen molar-refractivity contribution in [3.05, 3.63) is 33.4 Å². The Hall–Kier alpha value is -3.17. The highest BCUT2D eigenvalue weighted by Crippen LogP contribution is 2.47. The standard InChI is InChI=1S/C14H13N3O7/c1-15-6-14(24-13(15)20)8-5-9(17(21)22)7(11(18)23-3)4-10(8)16(2)12(14)19/h4-5H,6H2,1-3H3. The van der Waals surface area contributed by atoms with E-state index < -0.39 is 34.2 Å². The number of carbonyl (C=O) groups excluding carboxylic acids is 3. The van der Waals surface area contributed by atoms with E-state index in [1.807, 2.05) is 0 Å². The van der Waals surface area contributed by atoms with Crippen molar-refractivity contribution in [1.29, 1.82) is 0 Å². The van der Waals surface area contributed by atoms with E-state index in [2.05, 4.69) is 4.74 Å². The summed E-state index contributed by atoms with van der Waals surface area (Å²) in [5, 5.41) is 11.3. The third kappa shape index (κ3) is 1.85. The monoisotopic (exact) mass is 335 g/mol. The molecule has 0 aliphatic carbocycles. The molecule has 1 fully saturated rings. The minimum Gasteiger partial charge on any atom is -0.465 e. The van der Waals surface area contributed by atoms with Crippen LogP contribution in [0.15, 0.2) is 12.1 Å². The van der Waals surface area contributed by atoms with Gasteiger partial charge in [0, 0.05) is 25.7 Å². The summed E-state index contributed by atoms with van der Waals surface area (Å²) in [5.74, 6) is -1.43. The van der Waals surface area contributed by atoms with Gasteiger partial charge in [-0.05, 0) is 6.07 Å². The number of methoxy groups -OCH3 is 1. The summed E-state index contributed by atoms with van der Waals surface area (Å²) < 4.78 is 9.81. The SMILES string of the molecule is COC(=O)c1cc2c(cc1[N+](=O)[O-])C1(CN(C)C(=O)O1)C(=O)N2C. The van der Waals surface area contributed by atoms with Crippen LogP contribution in [-0.2, 0) is 19.9 Å². The predicted octanol–water partition coefficient (Wildman–Crippen LogP) is 0.635. The highest BCUT2D eigenvalue weighted by atomic mass is 16.6. The van der Waals surface area contributed by atoms with Crippen LogP contribution in [0.3, 0.4) is 0 Å². The van der Waals surface area contributed by atoms with Gasteiger partial charge in [0.05, 0.1) is 24.3 Å². The van der Waals surface area contributed by atoms with E-state index in [1.165, 1.54) is 30.0 Å². The second kappa shape index (κ2) is 4.91. The number of benzene rings is 1. The van der Waals surface area contributed by atoms with Gasteiger partial charge >= 0.3 is 12.1 Å². The van der Waals surface area contributed by atoms with Gasteiger partial charge in [-0.2, -0.15) is 0 Å². The maximum atomic E-state index is 12.6. The Kier molecular flexibility index (Phi) is 3.22. The maximum Gasteiger partial charge on any atom is 0.411 e. The van der Waals surface area contributed by atoms with Crippen LogP contribution in [0.4, 0.5) is 16.2 Å². The van der Waals surface area contributed by atoms with E-state index >= 15 is 0 Å². The van der Waals surface area contributed by atoms with Crippen LogP contribution in [0.2, 0.25) is 0 Å². The molecule has 0 aromatic heterocycles. The van der Waals surface area contributed by atoms with Gasteiger partial charge in [0.25, 0.3) is 11.6 Å². The molecule has 1 aromatic carbocycles. The predicted molar refractivity (Wildman–Crippen MR) is 78.6 cm³/mol. The number of nitro groups is 1. The average Bonchev–Trinajstić information content (AvgIpc) is 2.95. The van der Waals surface area contributed by atoms with Gasteiger partial charge in [-0.3, -0.25) is 14.9 Å². The van der Waals surface area contributed by atoms with Crippen LogP contribution >= 0.6 is 0 Å². The lowest BCUT2D eigenvalue weighted by Gasteiger charge is -2.19. The van der Waals surface area contributed by atoms with Crippen molar-refractivity contribution in [3.63, 3.8) is 0 Å². The van der Waals surface area contributed by atoms with Gasteiger partial charge in [-0.1, -0.05) is 0 Å². The largest absolute Gasteiger partial charge is 0.465 e. The molecule has 1 aromatic rings. The molecule has 2 aliphatic heterocycles. The first-order chi connectivity index (χ1) is 11.2. The minimum atomic E-state index is -1.64. The summed E-state index contributed by atoms with van der Waals surface area (Å²) in [6.07, 6.45) is -0.704. The van der Waals surface area contributed by atoms with Crippen molar-refractivity contribution < 1.29 is 28.8 Å². The highest BCUT2D eigenvalue weighted by molar-refractivity contribution is 6.10. The van der Waals surface area contributed by atoms with Gasteiger partial charge < -0.3 is 19.3 Å². The van der Waals surface area contributed by atoms with Gasteiger partial charge in [-0.15, -0.1) is 0 Å². The molecule has 126 valence electrons. The number of ether oxygens (including phenoxy) is 2. The van der Waals surface area contributed by atoms with Crippen LogP contribution in [0, 0.1) is 10.1 Å². The van der Waals surface area contributed by atoms with E-state index in [-0.39, 0.29) is 23.4 Å². The zero-order chi connectivity index (χ0) is 17.8. The molecule has 0 radical (unpaired) electrons. The number of amides is 2. The number of nitro benzene ring substituents is 1. The van der Waals surface area contributed by atoms with Crippen molar-refractivity contribution in [2.75, 3.05) is 32.6 Å². The Morgan fingerprint density at radius 3 is 2.54 bits per heavy atom. The molecular weight excluding hydrogens is 322 g/mol. The number of rotatable bonds is 2. The third-order valence-electron chi connectivity index (χ3n) is 4.20. The maximum absolute atomic E-state index is 12.6. The zero-order valence-corrected chi connectivity index (χ0v) is 13.1. The number of nitrogens with zero attached hydrogens (tertiary/aromatic N) is 3. The number of esters is 1. The molecule has 2 heterocycles. The molecule has 24 heavy (non-hydrogen) atoms. The molecule has 0 bridgehead atoms. The molecule has 10 heteroatoms. The quantitative estimate of drug-likeness (QED) is 0.442. The van der Waals surface area contributed by atoms with Crippen LogP contribution in [0.1, 0.15) is 15.9 Å². The van der Waals surface area contributed by atoms with E-state index in [0.717, 1.165) is 13.2 Å². The number of fused-ring (bicyclic) bond motifs is 2. The van der Waals surface area contributed by atoms with Gasteiger partial charge in [0.15, 0.2) is 0 Å². The molecule has 1 atom stereocenters. The van der Waals surface area contributed by atoms with Crippen LogP contribution < -0.4 is 4.90 Å². The minimum absolute atomic E-state index is 0.0727. The molecule has 1 spiro atoms. The fourth-order valence-corrected chi connectivity index (χ4v) is 3.01. The Bertz CT molecular complexity index is 806. The Labute approximate surface area is 135 Å². The van der Waals surface area contributed by atoms with Gasteiger partial charge in [-0.25, -0.2) is 9.59 Å². The van der Waals surface area contributed by atoms with Crippen molar-refractivity contribution in [2.24, 2.45) is 0 Å². The fraction of sp³-hybridized carbons (Fsp3) is 0.357. The number of anilines is 1. The van der Waals surface area contributed by atoms with Crippen molar-refractivity contribution in [1.82, 2.24) is 4.90 Å². The summed E-state index contributed by atoms with van der Waals surface area (Å²) in [6, 6.07) is 2.30. The number of hydrogen-bond acceptors (Lipinski definition) is 7. The average molecular weight is 335 g/mol. The molecule has 2 amide bonds. The van der Waals surface area contributed by atoms with Crippen molar-refractivity contribution >= 4 is 29.3 Å². The van der Waals surface area contributed by atoms with E-state index in [0.29, 0.717) is 0 Å². The first-order valence-electron chi connectivity index (χ1n) is 6.86. The third-order valence-corrected chi connectivity index (χ3v) is 4.20. The Balaban J connectivity index is 2.26. The number of hydrogen-bond donors (Lipinski definition) is 0. The van der Waals surface area contributed by atoms with Gasteiger partial charge in [0.2, 0.25) is 5.60 Å². The Morgan fingerprint density at radius 1 is 1.38 bits per heavy atom. The zero-order valence-electron chi connectivity index (χ0n) is 13.1. The molecule has 2 aliphatic rings.